The third-order valence-corrected chi connectivity index (χ3v) is 4.30. The molecule has 118 valence electrons. The molecule has 1 aliphatic heterocycles. The quantitative estimate of drug-likeness (QED) is 0.749. The van der Waals surface area contributed by atoms with E-state index in [2.05, 4.69) is 22.0 Å². The van der Waals surface area contributed by atoms with Crippen LogP contribution in [0.2, 0.25) is 0 Å². The van der Waals surface area contributed by atoms with E-state index in [1.807, 2.05) is 19.0 Å². The molecule has 0 aliphatic carbocycles. The molecule has 0 bridgehead atoms. The molecule has 0 aromatic carbocycles. The monoisotopic (exact) mass is 304 g/mol. The Hall–Kier alpha value is -2.22. The van der Waals surface area contributed by atoms with Crippen LogP contribution < -0.4 is 5.56 Å². The zero-order valence-electron chi connectivity index (χ0n) is 13.0. The summed E-state index contributed by atoms with van der Waals surface area (Å²) >= 11 is 0. The van der Waals surface area contributed by atoms with Gasteiger partial charge < -0.3 is 9.80 Å². The molecule has 0 N–H and O–H groups in total. The molecular weight excluding hydrogens is 284 g/mol. The van der Waals surface area contributed by atoms with Crippen LogP contribution in [0.5, 0.6) is 0 Å². The van der Waals surface area contributed by atoms with E-state index in [4.69, 9.17) is 0 Å². The molecule has 8 nitrogen and oxygen atoms in total. The van der Waals surface area contributed by atoms with Crippen LogP contribution in [0.15, 0.2) is 23.4 Å². The summed E-state index contributed by atoms with van der Waals surface area (Å²) < 4.78 is 2.61. The zero-order valence-corrected chi connectivity index (χ0v) is 13.0. The van der Waals surface area contributed by atoms with Crippen LogP contribution in [-0.4, -0.2) is 68.3 Å². The van der Waals surface area contributed by atoms with Crippen molar-refractivity contribution in [1.29, 1.82) is 0 Å². The first-order valence-corrected chi connectivity index (χ1v) is 7.31. The van der Waals surface area contributed by atoms with Gasteiger partial charge in [-0.3, -0.25) is 9.59 Å². The molecule has 3 rings (SSSR count). The number of carbonyl (C=O) groups excluding carboxylic acids is 1. The van der Waals surface area contributed by atoms with Gasteiger partial charge in [0.05, 0.1) is 6.20 Å². The molecule has 0 saturated carbocycles. The first-order valence-electron chi connectivity index (χ1n) is 7.31. The van der Waals surface area contributed by atoms with E-state index in [9.17, 15) is 9.59 Å². The third kappa shape index (κ3) is 2.50. The summed E-state index contributed by atoms with van der Waals surface area (Å²) in [5.74, 6) is 0.343. The second-order valence-corrected chi connectivity index (χ2v) is 6.06. The van der Waals surface area contributed by atoms with Crippen LogP contribution in [0.3, 0.4) is 0 Å². The van der Waals surface area contributed by atoms with Crippen molar-refractivity contribution in [3.63, 3.8) is 0 Å². The Balaban J connectivity index is 1.76. The van der Waals surface area contributed by atoms with Gasteiger partial charge in [-0.1, -0.05) is 6.92 Å². The third-order valence-electron chi connectivity index (χ3n) is 4.30. The molecular formula is C14H20N6O2. The molecule has 0 unspecified atom stereocenters. The van der Waals surface area contributed by atoms with Crippen LogP contribution in [0.25, 0.3) is 5.52 Å². The van der Waals surface area contributed by atoms with Crippen molar-refractivity contribution in [2.24, 2.45) is 5.92 Å². The van der Waals surface area contributed by atoms with Crippen LogP contribution in [0.1, 0.15) is 6.92 Å². The minimum atomic E-state index is -0.301. The molecule has 1 aliphatic rings. The van der Waals surface area contributed by atoms with Crippen LogP contribution >= 0.6 is 0 Å². The molecule has 3 heterocycles. The molecule has 2 atom stereocenters. The van der Waals surface area contributed by atoms with Gasteiger partial charge in [0.15, 0.2) is 0 Å². The van der Waals surface area contributed by atoms with Crippen LogP contribution in [0, 0.1) is 5.92 Å². The van der Waals surface area contributed by atoms with Crippen LogP contribution in [0.4, 0.5) is 0 Å². The number of amides is 1. The highest BCUT2D eigenvalue weighted by atomic mass is 16.2. The zero-order chi connectivity index (χ0) is 15.9. The van der Waals surface area contributed by atoms with Gasteiger partial charge in [-0.2, -0.15) is 10.2 Å². The molecule has 1 amide bonds. The van der Waals surface area contributed by atoms with E-state index in [1.165, 1.54) is 21.7 Å². The van der Waals surface area contributed by atoms with E-state index in [1.54, 1.807) is 6.07 Å². The van der Waals surface area contributed by atoms with E-state index in [0.29, 0.717) is 30.6 Å². The Bertz CT molecular complexity index is 749. The van der Waals surface area contributed by atoms with Crippen LogP contribution in [-0.2, 0) is 11.3 Å². The second kappa shape index (κ2) is 5.53. The number of rotatable bonds is 3. The van der Waals surface area contributed by atoms with E-state index in [-0.39, 0.29) is 18.0 Å². The topological polar surface area (TPSA) is 75.7 Å². The lowest BCUT2D eigenvalue weighted by atomic mass is 10.1. The number of likely N-dealkylation sites (tertiary alicyclic amines) is 1. The lowest BCUT2D eigenvalue weighted by Gasteiger charge is -2.22. The number of hydrogen-bond acceptors (Lipinski definition) is 5. The molecule has 22 heavy (non-hydrogen) atoms. The molecule has 8 heteroatoms. The summed E-state index contributed by atoms with van der Waals surface area (Å²) in [6.45, 7) is 3.51. The van der Waals surface area contributed by atoms with Gasteiger partial charge in [0, 0.05) is 19.1 Å². The number of carbonyl (C=O) groups is 1. The fraction of sp³-hybridized carbons (Fsp3) is 0.571. The van der Waals surface area contributed by atoms with Gasteiger partial charge >= 0.3 is 0 Å². The van der Waals surface area contributed by atoms with Crippen molar-refractivity contribution in [2.45, 2.75) is 19.5 Å². The first-order chi connectivity index (χ1) is 10.5. The number of fused-ring (bicyclic) bond motifs is 1. The summed E-state index contributed by atoms with van der Waals surface area (Å²) in [6.07, 6.45) is 2.98. The maximum absolute atomic E-state index is 12.4. The van der Waals surface area contributed by atoms with Crippen molar-refractivity contribution >= 4 is 11.4 Å². The minimum absolute atomic E-state index is 0.0343. The summed E-state index contributed by atoms with van der Waals surface area (Å²) in [7, 11) is 4.05. The minimum Gasteiger partial charge on any atom is -0.339 e. The summed E-state index contributed by atoms with van der Waals surface area (Å²) in [5, 5.41) is 7.97. The average Bonchev–Trinajstić information content (AvgIpc) is 3.08. The molecule has 2 aromatic heterocycles. The van der Waals surface area contributed by atoms with Crippen molar-refractivity contribution in [1.82, 2.24) is 29.2 Å². The summed E-state index contributed by atoms with van der Waals surface area (Å²) in [5.41, 5.74) is 0.119. The number of hydrogen-bond donors (Lipinski definition) is 0. The SMILES string of the molecule is C[C@H]1CN(C(=O)Cn2ncn3nccc3c2=O)C[C@@H]1N(C)C. The highest BCUT2D eigenvalue weighted by molar-refractivity contribution is 5.76. The van der Waals surface area contributed by atoms with E-state index < -0.39 is 0 Å². The molecule has 1 saturated heterocycles. The largest absolute Gasteiger partial charge is 0.339 e. The Morgan fingerprint density at radius 1 is 1.36 bits per heavy atom. The maximum Gasteiger partial charge on any atom is 0.293 e. The van der Waals surface area contributed by atoms with Gasteiger partial charge in [0.2, 0.25) is 5.91 Å². The highest BCUT2D eigenvalue weighted by Gasteiger charge is 2.33. The van der Waals surface area contributed by atoms with Gasteiger partial charge in [0.1, 0.15) is 18.4 Å². The molecule has 0 radical (unpaired) electrons. The fourth-order valence-electron chi connectivity index (χ4n) is 3.04. The van der Waals surface area contributed by atoms with Gasteiger partial charge in [0.25, 0.3) is 5.56 Å². The Kier molecular flexibility index (Phi) is 3.69. The average molecular weight is 304 g/mol. The van der Waals surface area contributed by atoms with Crippen molar-refractivity contribution in [3.8, 4) is 0 Å². The molecule has 2 aromatic rings. The van der Waals surface area contributed by atoms with E-state index >= 15 is 0 Å². The Morgan fingerprint density at radius 3 is 2.82 bits per heavy atom. The Labute approximate surface area is 127 Å². The fourth-order valence-corrected chi connectivity index (χ4v) is 3.04. The van der Waals surface area contributed by atoms with Gasteiger partial charge in [-0.05, 0) is 26.1 Å². The lowest BCUT2D eigenvalue weighted by molar-refractivity contribution is -0.131. The first kappa shape index (κ1) is 14.7. The highest BCUT2D eigenvalue weighted by Crippen LogP contribution is 2.20. The normalized spacial score (nSPS) is 21.9. The summed E-state index contributed by atoms with van der Waals surface area (Å²) in [6, 6.07) is 1.97. The van der Waals surface area contributed by atoms with E-state index in [0.717, 1.165) is 0 Å². The van der Waals surface area contributed by atoms with Crippen molar-refractivity contribution in [3.05, 3.63) is 28.9 Å². The molecule has 1 fully saturated rings. The second-order valence-electron chi connectivity index (χ2n) is 6.06. The van der Waals surface area contributed by atoms with Gasteiger partial charge in [-0.25, -0.2) is 9.20 Å². The number of aromatic nitrogens is 4. The predicted molar refractivity (Wildman–Crippen MR) is 80.5 cm³/mol. The number of likely N-dealkylation sites (N-methyl/N-ethyl adjacent to an activating group) is 1. The number of nitrogens with zero attached hydrogens (tertiary/aromatic N) is 6. The standard InChI is InChI=1S/C14H20N6O2/c1-10-6-18(7-12(10)17(2)3)13(21)8-19-14(22)11-4-5-15-20(11)9-16-19/h4-5,9-10,12H,6-8H2,1-3H3/t10-,12-/m0/s1. The van der Waals surface area contributed by atoms with Gasteiger partial charge in [-0.15, -0.1) is 0 Å². The van der Waals surface area contributed by atoms with Crippen molar-refractivity contribution < 1.29 is 4.79 Å². The smallest absolute Gasteiger partial charge is 0.293 e. The predicted octanol–water partition coefficient (Wildman–Crippen LogP) is -0.700. The molecule has 0 spiro atoms. The lowest BCUT2D eigenvalue weighted by Crippen LogP contribution is -2.38. The Morgan fingerprint density at radius 2 is 2.14 bits per heavy atom. The summed E-state index contributed by atoms with van der Waals surface area (Å²) in [4.78, 5) is 28.6. The maximum atomic E-state index is 12.4. The van der Waals surface area contributed by atoms with Crippen molar-refractivity contribution in [2.75, 3.05) is 27.2 Å².